The minimum atomic E-state index is -4.36. The fourth-order valence-electron chi connectivity index (χ4n) is 3.37. The zero-order chi connectivity index (χ0) is 20.0. The van der Waals surface area contributed by atoms with Gasteiger partial charge >= 0.3 is 12.2 Å². The first-order valence-corrected chi connectivity index (χ1v) is 9.27. The van der Waals surface area contributed by atoms with Gasteiger partial charge in [0, 0.05) is 28.9 Å². The minimum Gasteiger partial charge on any atom is -0.403 e. The SMILES string of the molecule is FC(F)(F)CNc1nnc(-c2ccc3c(c2)C(c2nccc(C4CC4)n2)=CC3)o1. The molecule has 2 aromatic heterocycles. The molecule has 0 aliphatic heterocycles. The molecular formula is C20H16F3N5O. The van der Waals surface area contributed by atoms with Crippen LogP contribution in [-0.2, 0) is 6.42 Å². The fourth-order valence-corrected chi connectivity index (χ4v) is 3.37. The van der Waals surface area contributed by atoms with Gasteiger partial charge in [-0.3, -0.25) is 0 Å². The molecule has 29 heavy (non-hydrogen) atoms. The molecule has 0 saturated heterocycles. The van der Waals surface area contributed by atoms with Crippen molar-refractivity contribution in [1.82, 2.24) is 20.2 Å². The molecule has 0 bridgehead atoms. The van der Waals surface area contributed by atoms with Gasteiger partial charge in [-0.05, 0) is 48.6 Å². The summed E-state index contributed by atoms with van der Waals surface area (Å²) in [5, 5.41) is 9.58. The molecule has 6 nitrogen and oxygen atoms in total. The zero-order valence-corrected chi connectivity index (χ0v) is 15.2. The normalized spacial score (nSPS) is 15.9. The first-order chi connectivity index (χ1) is 14.0. The van der Waals surface area contributed by atoms with Crippen LogP contribution in [0.25, 0.3) is 17.0 Å². The molecule has 1 N–H and O–H groups in total. The molecule has 0 unspecified atom stereocenters. The summed E-state index contributed by atoms with van der Waals surface area (Å²) in [6, 6.07) is 7.35. The van der Waals surface area contributed by atoms with E-state index in [0.717, 1.165) is 41.7 Å². The molecule has 0 amide bonds. The van der Waals surface area contributed by atoms with Gasteiger partial charge in [-0.25, -0.2) is 9.97 Å². The summed E-state index contributed by atoms with van der Waals surface area (Å²) in [5.41, 5.74) is 4.73. The van der Waals surface area contributed by atoms with E-state index in [1.54, 1.807) is 6.20 Å². The smallest absolute Gasteiger partial charge is 0.403 e. The Balaban J connectivity index is 1.42. The number of halogens is 3. The summed E-state index contributed by atoms with van der Waals surface area (Å²) >= 11 is 0. The van der Waals surface area contributed by atoms with Crippen molar-refractivity contribution in [1.29, 1.82) is 0 Å². The number of hydrogen-bond acceptors (Lipinski definition) is 6. The van der Waals surface area contributed by atoms with E-state index in [1.807, 2.05) is 24.3 Å². The van der Waals surface area contributed by atoms with Crippen LogP contribution < -0.4 is 5.32 Å². The van der Waals surface area contributed by atoms with E-state index in [9.17, 15) is 13.2 Å². The first kappa shape index (κ1) is 17.8. The molecule has 9 heteroatoms. The fraction of sp³-hybridized carbons (Fsp3) is 0.300. The Hall–Kier alpha value is -3.23. The third kappa shape index (κ3) is 3.72. The molecule has 0 atom stereocenters. The van der Waals surface area contributed by atoms with Gasteiger partial charge in [-0.2, -0.15) is 13.2 Å². The van der Waals surface area contributed by atoms with Crippen molar-refractivity contribution in [3.8, 4) is 11.5 Å². The van der Waals surface area contributed by atoms with Crippen LogP contribution in [0.2, 0.25) is 0 Å². The van der Waals surface area contributed by atoms with Crippen LogP contribution in [0.5, 0.6) is 0 Å². The van der Waals surface area contributed by atoms with Gasteiger partial charge in [0.15, 0.2) is 5.82 Å². The van der Waals surface area contributed by atoms with Crippen LogP contribution in [0, 0.1) is 0 Å². The number of rotatable bonds is 5. The third-order valence-electron chi connectivity index (χ3n) is 4.95. The highest BCUT2D eigenvalue weighted by Gasteiger charge is 2.28. The van der Waals surface area contributed by atoms with Crippen molar-refractivity contribution in [3.05, 3.63) is 59.2 Å². The molecule has 2 aliphatic rings. The van der Waals surface area contributed by atoms with Gasteiger partial charge in [0.2, 0.25) is 5.89 Å². The summed E-state index contributed by atoms with van der Waals surface area (Å²) in [6.07, 6.45) is 2.61. The van der Waals surface area contributed by atoms with E-state index in [4.69, 9.17) is 9.40 Å². The number of alkyl halides is 3. The lowest BCUT2D eigenvalue weighted by molar-refractivity contribution is -0.115. The molecule has 1 saturated carbocycles. The highest BCUT2D eigenvalue weighted by molar-refractivity contribution is 5.83. The van der Waals surface area contributed by atoms with Crippen LogP contribution >= 0.6 is 0 Å². The molecule has 5 rings (SSSR count). The van der Waals surface area contributed by atoms with Crippen LogP contribution in [0.4, 0.5) is 19.2 Å². The number of fused-ring (bicyclic) bond motifs is 1. The number of allylic oxidation sites excluding steroid dienone is 1. The molecule has 2 aliphatic carbocycles. The maximum atomic E-state index is 12.3. The van der Waals surface area contributed by atoms with E-state index in [2.05, 4.69) is 26.6 Å². The van der Waals surface area contributed by atoms with Crippen molar-refractivity contribution in [3.63, 3.8) is 0 Å². The molecule has 0 radical (unpaired) electrons. The van der Waals surface area contributed by atoms with E-state index < -0.39 is 12.7 Å². The van der Waals surface area contributed by atoms with E-state index in [1.165, 1.54) is 0 Å². The molecule has 2 heterocycles. The summed E-state index contributed by atoms with van der Waals surface area (Å²) < 4.78 is 42.4. The largest absolute Gasteiger partial charge is 0.405 e. The van der Waals surface area contributed by atoms with Gasteiger partial charge < -0.3 is 9.73 Å². The maximum Gasteiger partial charge on any atom is 0.405 e. The number of nitrogens with zero attached hydrogens (tertiary/aromatic N) is 4. The highest BCUT2D eigenvalue weighted by atomic mass is 19.4. The molecular weight excluding hydrogens is 383 g/mol. The standard InChI is InChI=1S/C20H16F3N5O/c21-20(22,23)10-25-19-28-27-18(29-19)13-4-1-11-5-6-14(15(11)9-13)17-24-8-7-16(26-17)12-2-3-12/h1,4,6-9,12H,2-3,5,10H2,(H,25,28). The van der Waals surface area contributed by atoms with Gasteiger partial charge in [0.1, 0.15) is 6.54 Å². The Kier molecular flexibility index (Phi) is 4.11. The van der Waals surface area contributed by atoms with Crippen molar-refractivity contribution in [2.24, 2.45) is 0 Å². The van der Waals surface area contributed by atoms with Crippen LogP contribution in [0.1, 0.15) is 41.4 Å². The zero-order valence-electron chi connectivity index (χ0n) is 15.2. The Morgan fingerprint density at radius 1 is 1.14 bits per heavy atom. The average molecular weight is 399 g/mol. The second-order valence-corrected chi connectivity index (χ2v) is 7.15. The molecule has 1 aromatic carbocycles. The van der Waals surface area contributed by atoms with Gasteiger partial charge in [0.25, 0.3) is 0 Å². The van der Waals surface area contributed by atoms with Crippen LogP contribution in [0.15, 0.2) is 41.0 Å². The second-order valence-electron chi connectivity index (χ2n) is 7.15. The topological polar surface area (TPSA) is 76.7 Å². The van der Waals surface area contributed by atoms with Gasteiger partial charge in [0.05, 0.1) is 0 Å². The summed E-state index contributed by atoms with van der Waals surface area (Å²) in [7, 11) is 0. The van der Waals surface area contributed by atoms with Crippen LogP contribution in [-0.4, -0.2) is 32.9 Å². The lowest BCUT2D eigenvalue weighted by Crippen LogP contribution is -2.21. The summed E-state index contributed by atoms with van der Waals surface area (Å²) in [6.45, 7) is -1.24. The van der Waals surface area contributed by atoms with Gasteiger partial charge in [-0.1, -0.05) is 17.2 Å². The molecule has 0 spiro atoms. The number of benzene rings is 1. The Labute approximate surface area is 163 Å². The number of anilines is 1. The third-order valence-corrected chi connectivity index (χ3v) is 4.95. The molecule has 1 fully saturated rings. The van der Waals surface area contributed by atoms with E-state index in [-0.39, 0.29) is 11.9 Å². The van der Waals surface area contributed by atoms with E-state index >= 15 is 0 Å². The minimum absolute atomic E-state index is 0.149. The number of nitrogens with one attached hydrogen (secondary N) is 1. The Bertz CT molecular complexity index is 1100. The lowest BCUT2D eigenvalue weighted by atomic mass is 10.0. The Morgan fingerprint density at radius 3 is 2.79 bits per heavy atom. The van der Waals surface area contributed by atoms with Crippen LogP contribution in [0.3, 0.4) is 0 Å². The second kappa shape index (κ2) is 6.68. The highest BCUT2D eigenvalue weighted by Crippen LogP contribution is 2.40. The molecule has 3 aromatic rings. The monoisotopic (exact) mass is 399 g/mol. The summed E-state index contributed by atoms with van der Waals surface area (Å²) in [4.78, 5) is 9.16. The average Bonchev–Trinajstić information content (AvgIpc) is 3.30. The predicted octanol–water partition coefficient (Wildman–Crippen LogP) is 4.37. The Morgan fingerprint density at radius 2 is 2.00 bits per heavy atom. The van der Waals surface area contributed by atoms with Gasteiger partial charge in [-0.15, -0.1) is 5.10 Å². The van der Waals surface area contributed by atoms with Crippen molar-refractivity contribution >= 4 is 11.6 Å². The molecule has 148 valence electrons. The maximum absolute atomic E-state index is 12.3. The van der Waals surface area contributed by atoms with Crippen molar-refractivity contribution in [2.45, 2.75) is 31.4 Å². The first-order valence-electron chi connectivity index (χ1n) is 9.27. The number of hydrogen-bond donors (Lipinski definition) is 1. The quantitative estimate of drug-likeness (QED) is 0.687. The lowest BCUT2D eigenvalue weighted by Gasteiger charge is -2.08. The number of aromatic nitrogens is 4. The predicted molar refractivity (Wildman–Crippen MR) is 99.1 cm³/mol. The van der Waals surface area contributed by atoms with Crippen molar-refractivity contribution < 1.29 is 17.6 Å². The van der Waals surface area contributed by atoms with E-state index in [0.29, 0.717) is 17.3 Å². The van der Waals surface area contributed by atoms with Crippen molar-refractivity contribution in [2.75, 3.05) is 11.9 Å². The summed E-state index contributed by atoms with van der Waals surface area (Å²) in [5.74, 6) is 1.37.